The summed E-state index contributed by atoms with van der Waals surface area (Å²) in [4.78, 5) is 10.9. The lowest BCUT2D eigenvalue weighted by Gasteiger charge is -2.13. The molecule has 0 radical (unpaired) electrons. The standard InChI is InChI=1S/C9H7F3O6S/c1-17-5-3-2-4-6(7(5)8(13)14)18-19(15,16)9(10,11)12/h2-4H,1H3,(H,13,14). The molecule has 106 valence electrons. The highest BCUT2D eigenvalue weighted by molar-refractivity contribution is 7.88. The van der Waals surface area contributed by atoms with Crippen LogP contribution in [0.4, 0.5) is 13.2 Å². The summed E-state index contributed by atoms with van der Waals surface area (Å²) in [5.41, 5.74) is -6.48. The van der Waals surface area contributed by atoms with E-state index in [0.717, 1.165) is 25.3 Å². The van der Waals surface area contributed by atoms with Gasteiger partial charge in [-0.15, -0.1) is 0 Å². The maximum Gasteiger partial charge on any atom is 0.534 e. The highest BCUT2D eigenvalue weighted by atomic mass is 32.2. The molecule has 1 aromatic carbocycles. The second-order valence-corrected chi connectivity index (χ2v) is 4.66. The number of aromatic carboxylic acids is 1. The summed E-state index contributed by atoms with van der Waals surface area (Å²) in [5, 5.41) is 8.84. The van der Waals surface area contributed by atoms with Gasteiger partial charge in [-0.05, 0) is 12.1 Å². The van der Waals surface area contributed by atoms with Gasteiger partial charge < -0.3 is 14.0 Å². The summed E-state index contributed by atoms with van der Waals surface area (Å²) in [5.74, 6) is -3.00. The number of carboxylic acids is 1. The lowest BCUT2D eigenvalue weighted by Crippen LogP contribution is -2.28. The molecular formula is C9H7F3O6S. The van der Waals surface area contributed by atoms with Crippen molar-refractivity contribution in [3.8, 4) is 11.5 Å². The Morgan fingerprint density at radius 1 is 1.26 bits per heavy atom. The van der Waals surface area contributed by atoms with Gasteiger partial charge in [-0.1, -0.05) is 6.07 Å². The fraction of sp³-hybridized carbons (Fsp3) is 0.222. The summed E-state index contributed by atoms with van der Waals surface area (Å²) in [6.07, 6.45) is 0. The Kier molecular flexibility index (Phi) is 3.94. The first kappa shape index (κ1) is 15.1. The average Bonchev–Trinajstić information content (AvgIpc) is 2.26. The topological polar surface area (TPSA) is 89.9 Å². The van der Waals surface area contributed by atoms with Crippen molar-refractivity contribution in [3.05, 3.63) is 23.8 Å². The summed E-state index contributed by atoms with van der Waals surface area (Å²) in [6.45, 7) is 0. The zero-order valence-electron chi connectivity index (χ0n) is 9.26. The lowest BCUT2D eigenvalue weighted by atomic mass is 10.2. The van der Waals surface area contributed by atoms with Crippen molar-refractivity contribution in [1.29, 1.82) is 0 Å². The third kappa shape index (κ3) is 3.08. The van der Waals surface area contributed by atoms with E-state index in [1.807, 2.05) is 0 Å². The van der Waals surface area contributed by atoms with Gasteiger partial charge in [0.2, 0.25) is 0 Å². The molecular weight excluding hydrogens is 293 g/mol. The number of hydrogen-bond donors (Lipinski definition) is 1. The number of benzene rings is 1. The second-order valence-electron chi connectivity index (χ2n) is 3.12. The van der Waals surface area contributed by atoms with Gasteiger partial charge in [0.25, 0.3) is 0 Å². The molecule has 0 amide bonds. The van der Waals surface area contributed by atoms with E-state index < -0.39 is 32.9 Å². The maximum atomic E-state index is 12.1. The van der Waals surface area contributed by atoms with Crippen molar-refractivity contribution < 1.29 is 40.4 Å². The highest BCUT2D eigenvalue weighted by Gasteiger charge is 2.49. The molecule has 0 atom stereocenters. The van der Waals surface area contributed by atoms with Crippen LogP contribution in [0.25, 0.3) is 0 Å². The Bertz CT molecular complexity index is 592. The van der Waals surface area contributed by atoms with E-state index in [1.165, 1.54) is 0 Å². The van der Waals surface area contributed by atoms with Crippen molar-refractivity contribution >= 4 is 16.1 Å². The smallest absolute Gasteiger partial charge is 0.496 e. The van der Waals surface area contributed by atoms with Crippen LogP contribution in [0.2, 0.25) is 0 Å². The molecule has 0 aromatic heterocycles. The van der Waals surface area contributed by atoms with Crippen LogP contribution in [0.3, 0.4) is 0 Å². The maximum absolute atomic E-state index is 12.1. The van der Waals surface area contributed by atoms with Crippen molar-refractivity contribution in [2.75, 3.05) is 7.11 Å². The third-order valence-electron chi connectivity index (χ3n) is 1.90. The molecule has 0 unspecified atom stereocenters. The van der Waals surface area contributed by atoms with Gasteiger partial charge in [-0.25, -0.2) is 4.79 Å². The Hall–Kier alpha value is -1.97. The van der Waals surface area contributed by atoms with E-state index in [9.17, 15) is 26.4 Å². The summed E-state index contributed by atoms with van der Waals surface area (Å²) >= 11 is 0. The SMILES string of the molecule is COc1cccc(OS(=O)(=O)C(F)(F)F)c1C(=O)O. The van der Waals surface area contributed by atoms with Crippen LogP contribution in [-0.2, 0) is 10.1 Å². The molecule has 1 rings (SSSR count). The predicted octanol–water partition coefficient (Wildman–Crippen LogP) is 1.62. The number of rotatable bonds is 4. The molecule has 0 spiro atoms. The lowest BCUT2D eigenvalue weighted by molar-refractivity contribution is -0.0500. The van der Waals surface area contributed by atoms with Gasteiger partial charge in [0.05, 0.1) is 7.11 Å². The number of methoxy groups -OCH3 is 1. The van der Waals surface area contributed by atoms with Gasteiger partial charge in [0.15, 0.2) is 5.75 Å². The first-order chi connectivity index (χ1) is 8.60. The zero-order valence-corrected chi connectivity index (χ0v) is 10.1. The van der Waals surface area contributed by atoms with E-state index in [-0.39, 0.29) is 5.75 Å². The molecule has 0 aliphatic heterocycles. The molecule has 0 aliphatic rings. The van der Waals surface area contributed by atoms with Gasteiger partial charge in [-0.2, -0.15) is 21.6 Å². The average molecular weight is 300 g/mol. The van der Waals surface area contributed by atoms with E-state index in [0.29, 0.717) is 0 Å². The van der Waals surface area contributed by atoms with Crippen molar-refractivity contribution in [2.45, 2.75) is 5.51 Å². The number of carboxylic acid groups (broad SMARTS) is 1. The number of alkyl halides is 3. The van der Waals surface area contributed by atoms with Gasteiger partial charge in [0, 0.05) is 0 Å². The number of ether oxygens (including phenoxy) is 1. The van der Waals surface area contributed by atoms with E-state index in [2.05, 4.69) is 8.92 Å². The van der Waals surface area contributed by atoms with Crippen LogP contribution < -0.4 is 8.92 Å². The minimum Gasteiger partial charge on any atom is -0.496 e. The molecule has 0 heterocycles. The number of carbonyl (C=O) groups is 1. The van der Waals surface area contributed by atoms with Gasteiger partial charge in [0.1, 0.15) is 11.3 Å². The monoisotopic (exact) mass is 300 g/mol. The van der Waals surface area contributed by atoms with Gasteiger partial charge >= 0.3 is 21.6 Å². The zero-order chi connectivity index (χ0) is 14.8. The third-order valence-corrected chi connectivity index (χ3v) is 2.87. The normalized spacial score (nSPS) is 12.0. The van der Waals surface area contributed by atoms with E-state index in [1.54, 1.807) is 0 Å². The van der Waals surface area contributed by atoms with Crippen molar-refractivity contribution in [1.82, 2.24) is 0 Å². The van der Waals surface area contributed by atoms with Gasteiger partial charge in [-0.3, -0.25) is 0 Å². The Morgan fingerprint density at radius 2 is 1.79 bits per heavy atom. The van der Waals surface area contributed by atoms with Crippen LogP contribution in [0.15, 0.2) is 18.2 Å². The molecule has 19 heavy (non-hydrogen) atoms. The van der Waals surface area contributed by atoms with Crippen molar-refractivity contribution in [3.63, 3.8) is 0 Å². The van der Waals surface area contributed by atoms with Crippen LogP contribution in [0.1, 0.15) is 10.4 Å². The minimum absolute atomic E-state index is 0.331. The van der Waals surface area contributed by atoms with Crippen LogP contribution >= 0.6 is 0 Å². The number of hydrogen-bond acceptors (Lipinski definition) is 5. The van der Waals surface area contributed by atoms with E-state index >= 15 is 0 Å². The second kappa shape index (κ2) is 4.96. The summed E-state index contributed by atoms with van der Waals surface area (Å²) < 4.78 is 66.5. The first-order valence-corrected chi connectivity index (χ1v) is 5.92. The first-order valence-electron chi connectivity index (χ1n) is 4.51. The Balaban J connectivity index is 3.34. The van der Waals surface area contributed by atoms with E-state index in [4.69, 9.17) is 5.11 Å². The molecule has 0 saturated carbocycles. The molecule has 0 aliphatic carbocycles. The molecule has 1 aromatic rings. The highest BCUT2D eigenvalue weighted by Crippen LogP contribution is 2.33. The largest absolute Gasteiger partial charge is 0.534 e. The number of halogens is 3. The molecule has 1 N–H and O–H groups in total. The molecule has 0 fully saturated rings. The molecule has 10 heteroatoms. The Labute approximate surface area is 105 Å². The minimum atomic E-state index is -5.95. The summed E-state index contributed by atoms with van der Waals surface area (Å²) in [6, 6.07) is 3.00. The quantitative estimate of drug-likeness (QED) is 0.671. The van der Waals surface area contributed by atoms with Crippen LogP contribution in [0.5, 0.6) is 11.5 Å². The summed E-state index contributed by atoms with van der Waals surface area (Å²) in [7, 11) is -4.88. The Morgan fingerprint density at radius 3 is 2.21 bits per heavy atom. The molecule has 6 nitrogen and oxygen atoms in total. The predicted molar refractivity (Wildman–Crippen MR) is 55.6 cm³/mol. The van der Waals surface area contributed by atoms with Crippen molar-refractivity contribution in [2.24, 2.45) is 0 Å². The van der Waals surface area contributed by atoms with Crippen LogP contribution in [0, 0.1) is 0 Å². The fourth-order valence-electron chi connectivity index (χ4n) is 1.13. The van der Waals surface area contributed by atoms with Crippen LogP contribution in [-0.4, -0.2) is 32.1 Å². The molecule has 0 bridgehead atoms. The molecule has 0 saturated heterocycles. The fourth-order valence-corrected chi connectivity index (χ4v) is 1.60.